The van der Waals surface area contributed by atoms with Gasteiger partial charge in [0, 0.05) is 6.04 Å². The van der Waals surface area contributed by atoms with Crippen molar-refractivity contribution in [3.05, 3.63) is 4.77 Å². The normalized spacial score (nSPS) is 19.4. The SMILES string of the molecule is CC(C1CC1)n1c(N)n[nH]c1=S. The maximum Gasteiger partial charge on any atom is 0.220 e. The molecule has 1 atom stereocenters. The average molecular weight is 184 g/mol. The van der Waals surface area contributed by atoms with Crippen molar-refractivity contribution >= 4 is 18.2 Å². The molecule has 1 aromatic rings. The maximum absolute atomic E-state index is 5.66. The van der Waals surface area contributed by atoms with Crippen LogP contribution in [0.2, 0.25) is 0 Å². The summed E-state index contributed by atoms with van der Waals surface area (Å²) in [5.41, 5.74) is 5.66. The predicted octanol–water partition coefficient (Wildman–Crippen LogP) is 1.49. The summed E-state index contributed by atoms with van der Waals surface area (Å²) in [7, 11) is 0. The second-order valence-corrected chi connectivity index (χ2v) is 3.72. The van der Waals surface area contributed by atoms with E-state index in [1.54, 1.807) is 0 Å². The maximum atomic E-state index is 5.66. The number of nitrogens with zero attached hydrogens (tertiary/aromatic N) is 2. The Bertz CT molecular complexity index is 335. The summed E-state index contributed by atoms with van der Waals surface area (Å²) >= 11 is 5.06. The van der Waals surface area contributed by atoms with Crippen LogP contribution in [0.1, 0.15) is 25.8 Å². The van der Waals surface area contributed by atoms with Gasteiger partial charge in [-0.15, -0.1) is 5.10 Å². The molecule has 3 N–H and O–H groups in total. The lowest BCUT2D eigenvalue weighted by molar-refractivity contribution is 0.485. The minimum absolute atomic E-state index is 0.399. The fourth-order valence-corrected chi connectivity index (χ4v) is 1.81. The molecule has 0 aliphatic heterocycles. The second-order valence-electron chi connectivity index (χ2n) is 3.33. The Morgan fingerprint density at radius 1 is 1.75 bits per heavy atom. The zero-order chi connectivity index (χ0) is 8.72. The Balaban J connectivity index is 2.36. The third kappa shape index (κ3) is 1.14. The number of rotatable bonds is 2. The number of H-pyrrole nitrogens is 1. The first-order valence-electron chi connectivity index (χ1n) is 4.12. The number of nitrogen functional groups attached to an aromatic ring is 1. The zero-order valence-electron chi connectivity index (χ0n) is 6.95. The van der Waals surface area contributed by atoms with Crippen LogP contribution in [0.15, 0.2) is 0 Å². The first-order chi connectivity index (χ1) is 5.70. The van der Waals surface area contributed by atoms with Crippen LogP contribution in [0.5, 0.6) is 0 Å². The Kier molecular flexibility index (Phi) is 1.68. The van der Waals surface area contributed by atoms with E-state index in [9.17, 15) is 0 Å². The first kappa shape index (κ1) is 7.79. The molecule has 1 unspecified atom stereocenters. The van der Waals surface area contributed by atoms with Crippen molar-refractivity contribution < 1.29 is 0 Å². The highest BCUT2D eigenvalue weighted by atomic mass is 32.1. The Morgan fingerprint density at radius 2 is 2.42 bits per heavy atom. The fraction of sp³-hybridized carbons (Fsp3) is 0.714. The van der Waals surface area contributed by atoms with Crippen molar-refractivity contribution in [1.29, 1.82) is 0 Å². The van der Waals surface area contributed by atoms with E-state index >= 15 is 0 Å². The van der Waals surface area contributed by atoms with E-state index in [2.05, 4.69) is 17.1 Å². The highest BCUT2D eigenvalue weighted by Crippen LogP contribution is 2.40. The van der Waals surface area contributed by atoms with Crippen molar-refractivity contribution in [3.63, 3.8) is 0 Å². The summed E-state index contributed by atoms with van der Waals surface area (Å²) in [5.74, 6) is 1.25. The Morgan fingerprint density at radius 3 is 2.83 bits per heavy atom. The molecule has 1 saturated carbocycles. The topological polar surface area (TPSA) is 59.6 Å². The highest BCUT2D eigenvalue weighted by Gasteiger charge is 2.30. The van der Waals surface area contributed by atoms with Crippen molar-refractivity contribution in [1.82, 2.24) is 14.8 Å². The molecular weight excluding hydrogens is 172 g/mol. The zero-order valence-corrected chi connectivity index (χ0v) is 7.77. The number of anilines is 1. The number of nitrogens with two attached hydrogens (primary N) is 1. The summed E-state index contributed by atoms with van der Waals surface area (Å²) < 4.78 is 2.53. The lowest BCUT2D eigenvalue weighted by Crippen LogP contribution is -2.10. The molecule has 0 amide bonds. The van der Waals surface area contributed by atoms with Crippen LogP contribution in [-0.4, -0.2) is 14.8 Å². The van der Waals surface area contributed by atoms with Gasteiger partial charge in [0.2, 0.25) is 5.95 Å². The van der Waals surface area contributed by atoms with E-state index in [1.807, 2.05) is 4.57 Å². The van der Waals surface area contributed by atoms with E-state index in [-0.39, 0.29) is 0 Å². The van der Waals surface area contributed by atoms with E-state index < -0.39 is 0 Å². The van der Waals surface area contributed by atoms with E-state index in [0.717, 1.165) is 5.92 Å². The van der Waals surface area contributed by atoms with Crippen LogP contribution in [0.4, 0.5) is 5.95 Å². The summed E-state index contributed by atoms with van der Waals surface area (Å²) in [6, 6.07) is 0.399. The third-order valence-electron chi connectivity index (χ3n) is 2.44. The minimum Gasteiger partial charge on any atom is -0.368 e. The monoisotopic (exact) mass is 184 g/mol. The van der Waals surface area contributed by atoms with Crippen LogP contribution in [0.3, 0.4) is 0 Å². The molecule has 0 bridgehead atoms. The molecule has 12 heavy (non-hydrogen) atoms. The molecule has 1 aliphatic rings. The molecular formula is C7H12N4S. The van der Waals surface area contributed by atoms with Gasteiger partial charge in [-0.3, -0.25) is 4.57 Å². The number of hydrogen-bond acceptors (Lipinski definition) is 3. The third-order valence-corrected chi connectivity index (χ3v) is 2.73. The molecule has 2 rings (SSSR count). The molecule has 4 nitrogen and oxygen atoms in total. The smallest absolute Gasteiger partial charge is 0.220 e. The number of aromatic nitrogens is 3. The van der Waals surface area contributed by atoms with E-state index in [4.69, 9.17) is 18.0 Å². The molecule has 0 radical (unpaired) electrons. The van der Waals surface area contributed by atoms with Gasteiger partial charge in [-0.25, -0.2) is 5.10 Å². The van der Waals surface area contributed by atoms with Crippen molar-refractivity contribution in [2.75, 3.05) is 5.73 Å². The van der Waals surface area contributed by atoms with Gasteiger partial charge in [0.1, 0.15) is 0 Å². The molecule has 0 saturated heterocycles. The van der Waals surface area contributed by atoms with Crippen molar-refractivity contribution in [2.24, 2.45) is 5.92 Å². The van der Waals surface area contributed by atoms with Crippen molar-refractivity contribution in [2.45, 2.75) is 25.8 Å². The van der Waals surface area contributed by atoms with E-state index in [1.165, 1.54) is 12.8 Å². The van der Waals surface area contributed by atoms with E-state index in [0.29, 0.717) is 16.8 Å². The fourth-order valence-electron chi connectivity index (χ4n) is 1.50. The van der Waals surface area contributed by atoms with Crippen LogP contribution in [0.25, 0.3) is 0 Å². The molecule has 5 heteroatoms. The van der Waals surface area contributed by atoms with Gasteiger partial charge < -0.3 is 5.73 Å². The molecule has 1 aliphatic carbocycles. The molecule has 1 fully saturated rings. The largest absolute Gasteiger partial charge is 0.368 e. The Hall–Kier alpha value is -0.840. The average Bonchev–Trinajstić information content (AvgIpc) is 2.79. The Labute approximate surface area is 75.8 Å². The first-order valence-corrected chi connectivity index (χ1v) is 4.53. The highest BCUT2D eigenvalue weighted by molar-refractivity contribution is 7.71. The van der Waals surface area contributed by atoms with Gasteiger partial charge in [-0.05, 0) is 37.9 Å². The lowest BCUT2D eigenvalue weighted by Gasteiger charge is -2.11. The molecule has 0 aromatic carbocycles. The van der Waals surface area contributed by atoms with Crippen molar-refractivity contribution in [3.8, 4) is 0 Å². The van der Waals surface area contributed by atoms with Gasteiger partial charge in [0.15, 0.2) is 4.77 Å². The van der Waals surface area contributed by atoms with Gasteiger partial charge in [0.05, 0.1) is 0 Å². The predicted molar refractivity (Wildman–Crippen MR) is 49.3 cm³/mol. The molecule has 66 valence electrons. The van der Waals surface area contributed by atoms with Gasteiger partial charge in [-0.1, -0.05) is 0 Å². The number of nitrogens with one attached hydrogen (secondary N) is 1. The molecule has 1 aromatic heterocycles. The second kappa shape index (κ2) is 2.58. The summed E-state index contributed by atoms with van der Waals surface area (Å²) in [6.07, 6.45) is 2.57. The van der Waals surface area contributed by atoms with Gasteiger partial charge in [-0.2, -0.15) is 0 Å². The number of hydrogen-bond donors (Lipinski definition) is 2. The van der Waals surface area contributed by atoms with Crippen LogP contribution in [-0.2, 0) is 0 Å². The van der Waals surface area contributed by atoms with Gasteiger partial charge in [0.25, 0.3) is 0 Å². The minimum atomic E-state index is 0.399. The number of aromatic amines is 1. The van der Waals surface area contributed by atoms with Gasteiger partial charge >= 0.3 is 0 Å². The lowest BCUT2D eigenvalue weighted by atomic mass is 10.2. The summed E-state index contributed by atoms with van der Waals surface area (Å²) in [6.45, 7) is 2.14. The molecule has 1 heterocycles. The van der Waals surface area contributed by atoms with Crippen LogP contribution in [0, 0.1) is 10.7 Å². The quantitative estimate of drug-likeness (QED) is 0.685. The molecule has 0 spiro atoms. The standard InChI is InChI=1S/C7H12N4S/c1-4(5-2-3-5)11-6(8)9-10-7(11)12/h4-5H,2-3H2,1H3,(H2,8,9)(H,10,12). The van der Waals surface area contributed by atoms with Crippen LogP contribution >= 0.6 is 12.2 Å². The summed E-state index contributed by atoms with van der Waals surface area (Å²) in [4.78, 5) is 0. The van der Waals surface area contributed by atoms with Crippen LogP contribution < -0.4 is 5.73 Å². The summed E-state index contributed by atoms with van der Waals surface area (Å²) in [5, 5.41) is 6.56.